The van der Waals surface area contributed by atoms with E-state index >= 15 is 0 Å². The van der Waals surface area contributed by atoms with Gasteiger partial charge in [-0.3, -0.25) is 0 Å². The van der Waals surface area contributed by atoms with Crippen molar-refractivity contribution in [3.63, 3.8) is 0 Å². The summed E-state index contributed by atoms with van der Waals surface area (Å²) in [5.41, 5.74) is 8.93. The number of hydrogen-bond donors (Lipinski definition) is 1. The van der Waals surface area contributed by atoms with E-state index in [1.165, 1.54) is 30.5 Å². The summed E-state index contributed by atoms with van der Waals surface area (Å²) >= 11 is 0. The number of nitrogens with zero attached hydrogens (tertiary/aromatic N) is 1. The summed E-state index contributed by atoms with van der Waals surface area (Å²) in [5, 5.41) is 0. The average molecular weight is 274 g/mol. The summed E-state index contributed by atoms with van der Waals surface area (Å²) in [6.45, 7) is 6.32. The molecule has 3 nitrogen and oxygen atoms in total. The van der Waals surface area contributed by atoms with E-state index < -0.39 is 0 Å². The van der Waals surface area contributed by atoms with Crippen LogP contribution >= 0.6 is 0 Å². The quantitative estimate of drug-likeness (QED) is 0.919. The third-order valence-electron chi connectivity index (χ3n) is 4.80. The van der Waals surface area contributed by atoms with Crippen LogP contribution < -0.4 is 5.73 Å². The van der Waals surface area contributed by atoms with Gasteiger partial charge in [0.05, 0.1) is 12.7 Å². The Kier molecular flexibility index (Phi) is 4.39. The molecule has 0 aromatic heterocycles. The molecule has 2 aliphatic rings. The Morgan fingerprint density at radius 2 is 2.25 bits per heavy atom. The number of fused-ring (bicyclic) bond motifs is 1. The molecule has 0 amide bonds. The summed E-state index contributed by atoms with van der Waals surface area (Å²) in [6.07, 6.45) is 3.83. The minimum absolute atomic E-state index is 0.242. The van der Waals surface area contributed by atoms with Crippen LogP contribution in [0.15, 0.2) is 24.3 Å². The van der Waals surface area contributed by atoms with Crippen molar-refractivity contribution >= 4 is 0 Å². The van der Waals surface area contributed by atoms with E-state index in [1.807, 2.05) is 0 Å². The van der Waals surface area contributed by atoms with Crippen LogP contribution in [0.4, 0.5) is 0 Å². The lowest BCUT2D eigenvalue weighted by Crippen LogP contribution is -2.44. The molecule has 3 unspecified atom stereocenters. The Balaban J connectivity index is 1.66. The second kappa shape index (κ2) is 6.25. The number of rotatable bonds is 3. The van der Waals surface area contributed by atoms with Gasteiger partial charge in [0.2, 0.25) is 0 Å². The molecule has 0 aliphatic carbocycles. The van der Waals surface area contributed by atoms with Crippen LogP contribution in [0.1, 0.15) is 37.0 Å². The standard InChI is InChI=1S/C17H26N2O/c1-13(18)15-6-4-9-19(11-15)12-17-16-7-3-2-5-14(16)8-10-20-17/h2-3,5,7,13,15,17H,4,6,8-12,18H2,1H3. The van der Waals surface area contributed by atoms with Gasteiger partial charge in [-0.05, 0) is 49.8 Å². The van der Waals surface area contributed by atoms with Crippen molar-refractivity contribution in [3.8, 4) is 0 Å². The fourth-order valence-corrected chi connectivity index (χ4v) is 3.55. The first-order valence-corrected chi connectivity index (χ1v) is 7.91. The molecule has 0 radical (unpaired) electrons. The lowest BCUT2D eigenvalue weighted by atomic mass is 9.91. The van der Waals surface area contributed by atoms with E-state index in [2.05, 4.69) is 36.1 Å². The van der Waals surface area contributed by atoms with Gasteiger partial charge in [-0.2, -0.15) is 0 Å². The maximum atomic E-state index is 6.08. The van der Waals surface area contributed by atoms with Gasteiger partial charge in [-0.1, -0.05) is 24.3 Å². The first-order chi connectivity index (χ1) is 9.74. The predicted octanol–water partition coefficient (Wildman–Crippen LogP) is 2.36. The van der Waals surface area contributed by atoms with E-state index in [0.29, 0.717) is 12.0 Å². The number of nitrogens with two attached hydrogens (primary N) is 1. The van der Waals surface area contributed by atoms with Gasteiger partial charge in [0.1, 0.15) is 0 Å². The third kappa shape index (κ3) is 3.05. The molecule has 110 valence electrons. The SMILES string of the molecule is CC(N)C1CCCN(CC2OCCc3ccccc32)C1. The average Bonchev–Trinajstić information content (AvgIpc) is 2.48. The van der Waals surface area contributed by atoms with Gasteiger partial charge >= 0.3 is 0 Å². The molecule has 0 bridgehead atoms. The second-order valence-corrected chi connectivity index (χ2v) is 6.33. The highest BCUT2D eigenvalue weighted by atomic mass is 16.5. The van der Waals surface area contributed by atoms with Gasteiger partial charge in [0.15, 0.2) is 0 Å². The Morgan fingerprint density at radius 1 is 1.40 bits per heavy atom. The highest BCUT2D eigenvalue weighted by Crippen LogP contribution is 2.29. The second-order valence-electron chi connectivity index (χ2n) is 6.33. The smallest absolute Gasteiger partial charge is 0.0954 e. The number of likely N-dealkylation sites (tertiary alicyclic amines) is 1. The van der Waals surface area contributed by atoms with Crippen molar-refractivity contribution in [3.05, 3.63) is 35.4 Å². The van der Waals surface area contributed by atoms with Gasteiger partial charge < -0.3 is 15.4 Å². The summed E-state index contributed by atoms with van der Waals surface area (Å²) in [7, 11) is 0. The monoisotopic (exact) mass is 274 g/mol. The highest BCUT2D eigenvalue weighted by Gasteiger charge is 2.27. The normalized spacial score (nSPS) is 28.9. The summed E-state index contributed by atoms with van der Waals surface area (Å²) < 4.78 is 6.03. The molecule has 3 rings (SSSR count). The molecular weight excluding hydrogens is 248 g/mol. The fourth-order valence-electron chi connectivity index (χ4n) is 3.55. The molecule has 1 saturated heterocycles. The molecule has 0 saturated carbocycles. The zero-order valence-electron chi connectivity index (χ0n) is 12.4. The molecular formula is C17H26N2O. The van der Waals surface area contributed by atoms with Gasteiger partial charge in [0, 0.05) is 19.1 Å². The van der Waals surface area contributed by atoms with Crippen LogP contribution in [0.5, 0.6) is 0 Å². The molecule has 2 heterocycles. The molecule has 20 heavy (non-hydrogen) atoms. The molecule has 3 heteroatoms. The zero-order chi connectivity index (χ0) is 13.9. The number of benzene rings is 1. The van der Waals surface area contributed by atoms with Crippen LogP contribution in [-0.4, -0.2) is 37.2 Å². The molecule has 3 atom stereocenters. The number of ether oxygens (including phenoxy) is 1. The van der Waals surface area contributed by atoms with Crippen molar-refractivity contribution in [2.45, 2.75) is 38.3 Å². The van der Waals surface area contributed by atoms with Crippen LogP contribution in [0, 0.1) is 5.92 Å². The third-order valence-corrected chi connectivity index (χ3v) is 4.80. The number of hydrogen-bond acceptors (Lipinski definition) is 3. The van der Waals surface area contributed by atoms with E-state index in [-0.39, 0.29) is 6.10 Å². The van der Waals surface area contributed by atoms with Crippen LogP contribution in [0.25, 0.3) is 0 Å². The molecule has 0 spiro atoms. The summed E-state index contributed by atoms with van der Waals surface area (Å²) in [6, 6.07) is 9.03. The molecule has 1 fully saturated rings. The van der Waals surface area contributed by atoms with Crippen molar-refractivity contribution in [2.24, 2.45) is 11.7 Å². The highest BCUT2D eigenvalue weighted by molar-refractivity contribution is 5.31. The molecule has 2 N–H and O–H groups in total. The molecule has 1 aromatic rings. The lowest BCUT2D eigenvalue weighted by Gasteiger charge is -2.37. The summed E-state index contributed by atoms with van der Waals surface area (Å²) in [5.74, 6) is 0.641. The van der Waals surface area contributed by atoms with Crippen LogP contribution in [0.3, 0.4) is 0 Å². The first-order valence-electron chi connectivity index (χ1n) is 7.91. The zero-order valence-corrected chi connectivity index (χ0v) is 12.4. The Morgan fingerprint density at radius 3 is 3.10 bits per heavy atom. The lowest BCUT2D eigenvalue weighted by molar-refractivity contribution is 0.00556. The first kappa shape index (κ1) is 14.1. The van der Waals surface area contributed by atoms with E-state index in [0.717, 1.165) is 26.1 Å². The van der Waals surface area contributed by atoms with Gasteiger partial charge in [-0.15, -0.1) is 0 Å². The van der Waals surface area contributed by atoms with E-state index in [4.69, 9.17) is 10.5 Å². The Labute approximate surface area is 122 Å². The summed E-state index contributed by atoms with van der Waals surface area (Å²) in [4.78, 5) is 2.55. The molecule has 1 aromatic carbocycles. The van der Waals surface area contributed by atoms with Crippen molar-refractivity contribution in [1.29, 1.82) is 0 Å². The Hall–Kier alpha value is -0.900. The minimum Gasteiger partial charge on any atom is -0.372 e. The Bertz CT molecular complexity index is 446. The molecule has 2 aliphatic heterocycles. The van der Waals surface area contributed by atoms with E-state index in [9.17, 15) is 0 Å². The maximum Gasteiger partial charge on any atom is 0.0954 e. The van der Waals surface area contributed by atoms with E-state index in [1.54, 1.807) is 0 Å². The van der Waals surface area contributed by atoms with Gasteiger partial charge in [-0.25, -0.2) is 0 Å². The van der Waals surface area contributed by atoms with Crippen LogP contribution in [0.2, 0.25) is 0 Å². The van der Waals surface area contributed by atoms with Crippen molar-refractivity contribution in [1.82, 2.24) is 4.90 Å². The largest absolute Gasteiger partial charge is 0.372 e. The van der Waals surface area contributed by atoms with Gasteiger partial charge in [0.25, 0.3) is 0 Å². The van der Waals surface area contributed by atoms with Crippen molar-refractivity contribution in [2.75, 3.05) is 26.2 Å². The van der Waals surface area contributed by atoms with Crippen LogP contribution in [-0.2, 0) is 11.2 Å². The minimum atomic E-state index is 0.242. The maximum absolute atomic E-state index is 6.08. The topological polar surface area (TPSA) is 38.5 Å². The predicted molar refractivity (Wildman–Crippen MR) is 81.7 cm³/mol. The van der Waals surface area contributed by atoms with Crippen molar-refractivity contribution < 1.29 is 4.74 Å². The fraction of sp³-hybridized carbons (Fsp3) is 0.647. The number of piperidine rings is 1.